The molecule has 0 bridgehead atoms. The van der Waals surface area contributed by atoms with E-state index in [4.69, 9.17) is 14.2 Å². The minimum Gasteiger partial charge on any atom is -0.491 e. The zero-order valence-corrected chi connectivity index (χ0v) is 25.5. The van der Waals surface area contributed by atoms with Crippen LogP contribution >= 0.6 is 13.5 Å². The predicted molar refractivity (Wildman–Crippen MR) is 161 cm³/mol. The van der Waals surface area contributed by atoms with E-state index in [9.17, 15) is 4.79 Å². The highest BCUT2D eigenvalue weighted by Gasteiger charge is 2.28. The number of hydrogen-bond acceptors (Lipinski definition) is 7. The number of rotatable bonds is 10. The summed E-state index contributed by atoms with van der Waals surface area (Å²) in [6.45, 7) is 18.4. The molecule has 1 amide bonds. The molecule has 1 aromatic carbocycles. The third-order valence-corrected chi connectivity index (χ3v) is 7.89. The Morgan fingerprint density at radius 2 is 1.72 bits per heavy atom. The van der Waals surface area contributed by atoms with Gasteiger partial charge in [0, 0.05) is 58.3 Å². The Kier molecular flexibility index (Phi) is 13.2. The van der Waals surface area contributed by atoms with Gasteiger partial charge in [-0.25, -0.2) is 4.79 Å². The van der Waals surface area contributed by atoms with Gasteiger partial charge in [-0.1, -0.05) is 12.1 Å². The summed E-state index contributed by atoms with van der Waals surface area (Å²) in [5.41, 5.74) is 0.747. The molecule has 4 rings (SSSR count). The number of carbonyl (C=O) groups excluding carboxylic acids is 1. The second-order valence-electron chi connectivity index (χ2n) is 12.1. The van der Waals surface area contributed by atoms with Crippen LogP contribution in [0.25, 0.3) is 0 Å². The molecular weight excluding hydrogens is 512 g/mol. The molecule has 1 N–H and O–H groups in total. The number of piperazine rings is 1. The molecule has 3 saturated heterocycles. The maximum Gasteiger partial charge on any atom is 0.410 e. The molecule has 3 heterocycles. The Morgan fingerprint density at radius 1 is 0.974 bits per heavy atom. The SMILES string of the molecule is CC(C)(C)OC(=O)N1CCCC(c2cccc(OCCOCCN3CCN(CC4CCNCC4)CC3)c2)C1.S. The Hall–Kier alpha value is -1.52. The van der Waals surface area contributed by atoms with Gasteiger partial charge >= 0.3 is 6.09 Å². The maximum atomic E-state index is 12.5. The van der Waals surface area contributed by atoms with Crippen molar-refractivity contribution in [2.75, 3.05) is 85.3 Å². The van der Waals surface area contributed by atoms with Crippen LogP contribution in [0.2, 0.25) is 0 Å². The van der Waals surface area contributed by atoms with E-state index in [0.717, 1.165) is 57.3 Å². The zero-order valence-electron chi connectivity index (χ0n) is 24.5. The van der Waals surface area contributed by atoms with Gasteiger partial charge < -0.3 is 29.3 Å². The van der Waals surface area contributed by atoms with Crippen LogP contribution in [-0.4, -0.2) is 112 Å². The molecule has 0 saturated carbocycles. The van der Waals surface area contributed by atoms with E-state index < -0.39 is 5.60 Å². The fraction of sp³-hybridized carbons (Fsp3) is 0.767. The van der Waals surface area contributed by atoms with Crippen LogP contribution in [0.4, 0.5) is 4.79 Å². The second-order valence-corrected chi connectivity index (χ2v) is 12.1. The van der Waals surface area contributed by atoms with E-state index in [1.165, 1.54) is 51.1 Å². The first-order chi connectivity index (χ1) is 18.4. The Bertz CT molecular complexity index is 854. The first kappa shape index (κ1) is 32.0. The molecule has 222 valence electrons. The number of nitrogens with one attached hydrogen (secondary N) is 1. The molecule has 3 aliphatic rings. The highest BCUT2D eigenvalue weighted by atomic mass is 32.1. The van der Waals surface area contributed by atoms with Crippen molar-refractivity contribution in [1.82, 2.24) is 20.0 Å². The molecule has 3 fully saturated rings. The number of ether oxygens (including phenoxy) is 3. The quantitative estimate of drug-likeness (QED) is 0.432. The summed E-state index contributed by atoms with van der Waals surface area (Å²) in [5.74, 6) is 2.04. The summed E-state index contributed by atoms with van der Waals surface area (Å²) < 4.78 is 17.5. The fourth-order valence-corrected chi connectivity index (χ4v) is 5.74. The Labute approximate surface area is 243 Å². The lowest BCUT2D eigenvalue weighted by atomic mass is 9.91. The highest BCUT2D eigenvalue weighted by Crippen LogP contribution is 2.30. The molecule has 1 aromatic rings. The molecule has 3 aliphatic heterocycles. The maximum absolute atomic E-state index is 12.5. The van der Waals surface area contributed by atoms with Gasteiger partial charge in [-0.05, 0) is 83.2 Å². The molecule has 0 radical (unpaired) electrons. The lowest BCUT2D eigenvalue weighted by Crippen LogP contribution is -2.49. The molecule has 1 atom stereocenters. The fourth-order valence-electron chi connectivity index (χ4n) is 5.74. The number of carbonyl (C=O) groups is 1. The first-order valence-electron chi connectivity index (χ1n) is 14.8. The van der Waals surface area contributed by atoms with Gasteiger partial charge in [0.25, 0.3) is 0 Å². The number of hydrogen-bond donors (Lipinski definition) is 1. The summed E-state index contributed by atoms with van der Waals surface area (Å²) in [7, 11) is 0. The molecule has 0 aromatic heterocycles. The van der Waals surface area contributed by atoms with Crippen LogP contribution in [-0.2, 0) is 9.47 Å². The number of piperidine rings is 2. The van der Waals surface area contributed by atoms with Gasteiger partial charge in [0.1, 0.15) is 18.0 Å². The summed E-state index contributed by atoms with van der Waals surface area (Å²) in [4.78, 5) is 19.5. The average molecular weight is 565 g/mol. The molecule has 1 unspecified atom stereocenters. The van der Waals surface area contributed by atoms with Crippen molar-refractivity contribution in [2.24, 2.45) is 5.92 Å². The van der Waals surface area contributed by atoms with E-state index in [0.29, 0.717) is 25.7 Å². The number of amides is 1. The molecule has 0 spiro atoms. The third-order valence-electron chi connectivity index (χ3n) is 7.89. The summed E-state index contributed by atoms with van der Waals surface area (Å²) in [5, 5.41) is 3.47. The Balaban J connectivity index is 0.00000420. The molecule has 8 nitrogen and oxygen atoms in total. The standard InChI is InChI=1S/C30H50N4O4.H2S/c1-30(2,3)38-29(35)34-13-5-7-27(24-34)26-6-4-8-28(22-26)37-21-20-36-19-18-32-14-16-33(17-15-32)23-25-9-11-31-12-10-25;/h4,6,8,22,25,27,31H,5,7,9-21,23-24H2,1-3H3;1H2. The van der Waals surface area contributed by atoms with E-state index in [2.05, 4.69) is 27.2 Å². The van der Waals surface area contributed by atoms with Crippen molar-refractivity contribution in [3.8, 4) is 5.75 Å². The molecule has 39 heavy (non-hydrogen) atoms. The normalized spacial score (nSPS) is 21.8. The van der Waals surface area contributed by atoms with Crippen molar-refractivity contribution >= 4 is 19.6 Å². The summed E-state index contributed by atoms with van der Waals surface area (Å²) in [6, 6.07) is 8.30. The van der Waals surface area contributed by atoms with Crippen molar-refractivity contribution in [3.63, 3.8) is 0 Å². The third kappa shape index (κ3) is 11.1. The van der Waals surface area contributed by atoms with Gasteiger partial charge in [-0.2, -0.15) is 13.5 Å². The molecule has 0 aliphatic carbocycles. The largest absolute Gasteiger partial charge is 0.491 e. The van der Waals surface area contributed by atoms with Crippen molar-refractivity contribution in [1.29, 1.82) is 0 Å². The number of nitrogens with zero attached hydrogens (tertiary/aromatic N) is 3. The van der Waals surface area contributed by atoms with Gasteiger partial charge in [-0.3, -0.25) is 4.90 Å². The zero-order chi connectivity index (χ0) is 26.8. The van der Waals surface area contributed by atoms with Crippen LogP contribution < -0.4 is 10.1 Å². The average Bonchev–Trinajstić information content (AvgIpc) is 2.91. The number of benzene rings is 1. The molecular formula is C30H52N4O4S. The van der Waals surface area contributed by atoms with Gasteiger partial charge in [0.05, 0.1) is 13.2 Å². The predicted octanol–water partition coefficient (Wildman–Crippen LogP) is 3.93. The smallest absolute Gasteiger partial charge is 0.410 e. The van der Waals surface area contributed by atoms with Crippen LogP contribution in [0.15, 0.2) is 24.3 Å². The van der Waals surface area contributed by atoms with E-state index in [1.807, 2.05) is 37.8 Å². The van der Waals surface area contributed by atoms with Gasteiger partial charge in [0.2, 0.25) is 0 Å². The van der Waals surface area contributed by atoms with Crippen LogP contribution in [0.5, 0.6) is 5.75 Å². The number of likely N-dealkylation sites (tertiary alicyclic amines) is 1. The minimum absolute atomic E-state index is 0. The van der Waals surface area contributed by atoms with Crippen LogP contribution in [0, 0.1) is 5.92 Å². The van der Waals surface area contributed by atoms with Crippen molar-refractivity contribution < 1.29 is 19.0 Å². The monoisotopic (exact) mass is 564 g/mol. The lowest BCUT2D eigenvalue weighted by Gasteiger charge is -2.37. The van der Waals surface area contributed by atoms with Crippen LogP contribution in [0.1, 0.15) is 57.9 Å². The topological polar surface area (TPSA) is 66.5 Å². The lowest BCUT2D eigenvalue weighted by molar-refractivity contribution is 0.0198. The first-order valence-corrected chi connectivity index (χ1v) is 14.8. The van der Waals surface area contributed by atoms with E-state index in [1.54, 1.807) is 0 Å². The van der Waals surface area contributed by atoms with Crippen molar-refractivity contribution in [2.45, 2.75) is 58.0 Å². The minimum atomic E-state index is -0.471. The van der Waals surface area contributed by atoms with E-state index >= 15 is 0 Å². The van der Waals surface area contributed by atoms with Gasteiger partial charge in [-0.15, -0.1) is 0 Å². The van der Waals surface area contributed by atoms with Crippen LogP contribution in [0.3, 0.4) is 0 Å². The Morgan fingerprint density at radius 3 is 2.46 bits per heavy atom. The van der Waals surface area contributed by atoms with Crippen molar-refractivity contribution in [3.05, 3.63) is 29.8 Å². The van der Waals surface area contributed by atoms with E-state index in [-0.39, 0.29) is 19.6 Å². The summed E-state index contributed by atoms with van der Waals surface area (Å²) in [6.07, 6.45) is 4.49. The van der Waals surface area contributed by atoms with Gasteiger partial charge in [0.15, 0.2) is 0 Å². The molecule has 9 heteroatoms. The second kappa shape index (κ2) is 16.1. The summed E-state index contributed by atoms with van der Waals surface area (Å²) >= 11 is 0. The highest BCUT2D eigenvalue weighted by molar-refractivity contribution is 7.59.